The number of aryl methyl sites for hydroxylation is 2. The summed E-state index contributed by atoms with van der Waals surface area (Å²) in [7, 11) is 0. The minimum absolute atomic E-state index is 0. The molecule has 0 amide bonds. The molecule has 1 aromatic rings. The van der Waals surface area contributed by atoms with E-state index in [1.54, 1.807) is 0 Å². The first-order valence-corrected chi connectivity index (χ1v) is 4.56. The van der Waals surface area contributed by atoms with Gasteiger partial charge in [0.1, 0.15) is 0 Å². The standard InChI is InChI=1S/C12H17.Y/c1-6-12-7-8(2)9(3)10(4)11(12)5;/h6H2,1-5H3;/q-1;. The molecule has 0 atom stereocenters. The van der Waals surface area contributed by atoms with E-state index in [9.17, 15) is 0 Å². The Labute approximate surface area is 107 Å². The average molecular weight is 250 g/mol. The smallest absolute Gasteiger partial charge is 0 e. The van der Waals surface area contributed by atoms with Crippen molar-refractivity contribution in [3.63, 3.8) is 0 Å². The number of hydrogen-bond acceptors (Lipinski definition) is 0. The third-order valence-electron chi connectivity index (χ3n) is 2.83. The Hall–Kier alpha value is 0.324. The van der Waals surface area contributed by atoms with E-state index in [1.807, 2.05) is 0 Å². The Morgan fingerprint density at radius 2 is 1.46 bits per heavy atom. The van der Waals surface area contributed by atoms with Crippen molar-refractivity contribution in [3.05, 3.63) is 33.9 Å². The van der Waals surface area contributed by atoms with Crippen LogP contribution in [0.3, 0.4) is 0 Å². The van der Waals surface area contributed by atoms with Gasteiger partial charge in [-0.25, -0.2) is 0 Å². The first kappa shape index (κ1) is 13.3. The van der Waals surface area contributed by atoms with E-state index in [0.29, 0.717) is 0 Å². The maximum absolute atomic E-state index is 3.43. The molecule has 0 nitrogen and oxygen atoms in total. The van der Waals surface area contributed by atoms with Gasteiger partial charge in [0, 0.05) is 32.7 Å². The minimum Gasteiger partial charge on any atom is -0.177 e. The van der Waals surface area contributed by atoms with E-state index in [-0.39, 0.29) is 32.7 Å². The average Bonchev–Trinajstić information content (AvgIpc) is 2.08. The van der Waals surface area contributed by atoms with Crippen LogP contribution < -0.4 is 0 Å². The third-order valence-corrected chi connectivity index (χ3v) is 2.83. The maximum Gasteiger partial charge on any atom is 0 e. The summed E-state index contributed by atoms with van der Waals surface area (Å²) in [6.45, 7) is 10.9. The van der Waals surface area contributed by atoms with Gasteiger partial charge in [-0.05, 0) is 0 Å². The summed E-state index contributed by atoms with van der Waals surface area (Å²) in [5, 5.41) is 0. The van der Waals surface area contributed by atoms with E-state index in [0.717, 1.165) is 6.42 Å². The van der Waals surface area contributed by atoms with Gasteiger partial charge in [0.25, 0.3) is 0 Å². The fraction of sp³-hybridized carbons (Fsp3) is 0.500. The molecule has 1 rings (SSSR count). The van der Waals surface area contributed by atoms with Crippen LogP contribution in [-0.2, 0) is 39.1 Å². The molecule has 0 saturated carbocycles. The number of hydrogen-bond donors (Lipinski definition) is 0. The van der Waals surface area contributed by atoms with Gasteiger partial charge in [0.15, 0.2) is 0 Å². The van der Waals surface area contributed by atoms with Crippen LogP contribution >= 0.6 is 0 Å². The van der Waals surface area contributed by atoms with E-state index in [4.69, 9.17) is 0 Å². The van der Waals surface area contributed by atoms with Crippen molar-refractivity contribution in [2.75, 3.05) is 0 Å². The van der Waals surface area contributed by atoms with E-state index in [1.165, 1.54) is 27.8 Å². The van der Waals surface area contributed by atoms with Gasteiger partial charge in [-0.2, -0.15) is 33.9 Å². The molecule has 0 aliphatic heterocycles. The molecule has 0 aromatic heterocycles. The third kappa shape index (κ3) is 2.64. The van der Waals surface area contributed by atoms with Gasteiger partial charge < -0.3 is 0 Å². The van der Waals surface area contributed by atoms with Gasteiger partial charge in [0.2, 0.25) is 0 Å². The summed E-state index contributed by atoms with van der Waals surface area (Å²) in [6, 6.07) is 3.43. The topological polar surface area (TPSA) is 0 Å². The zero-order valence-electron chi connectivity index (χ0n) is 9.28. The molecule has 1 radical (unpaired) electrons. The molecular formula is C12H17Y-. The van der Waals surface area contributed by atoms with E-state index >= 15 is 0 Å². The molecule has 69 valence electrons. The molecule has 0 unspecified atom stereocenters. The monoisotopic (exact) mass is 250 g/mol. The van der Waals surface area contributed by atoms with Crippen molar-refractivity contribution in [2.45, 2.75) is 41.0 Å². The Balaban J connectivity index is 0.00000144. The Morgan fingerprint density at radius 1 is 0.923 bits per heavy atom. The van der Waals surface area contributed by atoms with Crippen LogP contribution in [0.4, 0.5) is 0 Å². The van der Waals surface area contributed by atoms with Crippen molar-refractivity contribution in [1.29, 1.82) is 0 Å². The molecule has 1 heteroatoms. The molecule has 0 fully saturated rings. The van der Waals surface area contributed by atoms with Crippen LogP contribution in [0.15, 0.2) is 0 Å². The zero-order valence-corrected chi connectivity index (χ0v) is 12.1. The van der Waals surface area contributed by atoms with Crippen molar-refractivity contribution in [3.8, 4) is 0 Å². The van der Waals surface area contributed by atoms with Crippen LogP contribution in [0, 0.1) is 33.8 Å². The van der Waals surface area contributed by atoms with Crippen molar-refractivity contribution in [1.82, 2.24) is 0 Å². The van der Waals surface area contributed by atoms with Gasteiger partial charge in [0.05, 0.1) is 0 Å². The molecule has 0 heterocycles. The molecule has 0 bridgehead atoms. The second-order valence-corrected chi connectivity index (χ2v) is 3.46. The van der Waals surface area contributed by atoms with Crippen LogP contribution in [0.25, 0.3) is 0 Å². The van der Waals surface area contributed by atoms with Crippen LogP contribution in [-0.4, -0.2) is 0 Å². The quantitative estimate of drug-likeness (QED) is 0.671. The van der Waals surface area contributed by atoms with Crippen LogP contribution in [0.2, 0.25) is 0 Å². The zero-order chi connectivity index (χ0) is 9.30. The molecule has 0 N–H and O–H groups in total. The predicted molar refractivity (Wildman–Crippen MR) is 53.6 cm³/mol. The number of benzene rings is 1. The van der Waals surface area contributed by atoms with Crippen molar-refractivity contribution >= 4 is 0 Å². The summed E-state index contributed by atoms with van der Waals surface area (Å²) in [6.07, 6.45) is 1.09. The Bertz CT molecular complexity index is 300. The molecule has 0 aliphatic carbocycles. The molecule has 0 spiro atoms. The SMILES string of the molecule is CCc1[c-]c(C)c(C)c(C)c1C.[Y]. The normalized spacial score (nSPS) is 9.62. The molecule has 1 aromatic carbocycles. The van der Waals surface area contributed by atoms with E-state index < -0.39 is 0 Å². The molecule has 13 heavy (non-hydrogen) atoms. The summed E-state index contributed by atoms with van der Waals surface area (Å²) in [5.41, 5.74) is 6.92. The molecular weight excluding hydrogens is 233 g/mol. The predicted octanol–water partition coefficient (Wildman–Crippen LogP) is 3.28. The van der Waals surface area contributed by atoms with Gasteiger partial charge in [-0.3, -0.25) is 0 Å². The minimum atomic E-state index is 0. The Kier molecular flexibility index (Phi) is 5.40. The van der Waals surface area contributed by atoms with Crippen LogP contribution in [0.5, 0.6) is 0 Å². The maximum atomic E-state index is 3.43. The van der Waals surface area contributed by atoms with E-state index in [2.05, 4.69) is 40.7 Å². The second kappa shape index (κ2) is 5.27. The fourth-order valence-corrected chi connectivity index (χ4v) is 1.56. The summed E-state index contributed by atoms with van der Waals surface area (Å²) >= 11 is 0. The second-order valence-electron chi connectivity index (χ2n) is 3.46. The van der Waals surface area contributed by atoms with Crippen LogP contribution in [0.1, 0.15) is 34.7 Å². The largest absolute Gasteiger partial charge is 0.177 e. The number of rotatable bonds is 1. The van der Waals surface area contributed by atoms with Gasteiger partial charge in [-0.1, -0.05) is 41.0 Å². The summed E-state index contributed by atoms with van der Waals surface area (Å²) < 4.78 is 0. The Morgan fingerprint density at radius 3 is 1.92 bits per heavy atom. The molecule has 0 saturated heterocycles. The first-order valence-electron chi connectivity index (χ1n) is 4.56. The van der Waals surface area contributed by atoms with Gasteiger partial charge >= 0.3 is 0 Å². The molecule has 0 aliphatic rings. The fourth-order valence-electron chi connectivity index (χ4n) is 1.56. The van der Waals surface area contributed by atoms with Crippen molar-refractivity contribution < 1.29 is 32.7 Å². The summed E-state index contributed by atoms with van der Waals surface area (Å²) in [4.78, 5) is 0. The van der Waals surface area contributed by atoms with Gasteiger partial charge in [-0.15, -0.1) is 0 Å². The summed E-state index contributed by atoms with van der Waals surface area (Å²) in [5.74, 6) is 0. The van der Waals surface area contributed by atoms with Crippen molar-refractivity contribution in [2.24, 2.45) is 0 Å². The first-order chi connectivity index (χ1) is 5.57.